The molecule has 0 unspecified atom stereocenters. The molecule has 1 aliphatic rings. The van der Waals surface area contributed by atoms with Crippen LogP contribution in [0.2, 0.25) is 0 Å². The Morgan fingerprint density at radius 1 is 1.15 bits per heavy atom. The molecule has 0 fully saturated rings. The maximum atomic E-state index is 12.3. The van der Waals surface area contributed by atoms with E-state index in [0.29, 0.717) is 16.7 Å². The lowest BCUT2D eigenvalue weighted by Gasteiger charge is -2.32. The van der Waals surface area contributed by atoms with Crippen LogP contribution in [0.4, 0.5) is 0 Å². The minimum absolute atomic E-state index is 0.0798. The largest absolute Gasteiger partial charge is 0.515 e. The molecule has 102 valence electrons. The first-order valence-corrected chi connectivity index (χ1v) is 6.09. The van der Waals surface area contributed by atoms with Crippen LogP contribution in [0.5, 0.6) is 5.75 Å². The zero-order valence-electron chi connectivity index (χ0n) is 11.0. The van der Waals surface area contributed by atoms with Gasteiger partial charge in [-0.05, 0) is 32.0 Å². The molecule has 0 saturated carbocycles. The Morgan fingerprint density at radius 3 is 2.55 bits per heavy atom. The van der Waals surface area contributed by atoms with Crippen LogP contribution in [0.1, 0.15) is 19.4 Å². The number of carbonyl (C=O) groups excluding carboxylic acids is 1. The Kier molecular flexibility index (Phi) is 2.47. The lowest BCUT2D eigenvalue weighted by Crippen LogP contribution is -2.42. The van der Waals surface area contributed by atoms with E-state index in [9.17, 15) is 14.7 Å². The maximum absolute atomic E-state index is 12.3. The molecule has 1 aliphatic heterocycles. The topological polar surface area (TPSA) is 76.7 Å². The highest BCUT2D eigenvalue weighted by Crippen LogP contribution is 2.41. The first kappa shape index (κ1) is 12.5. The summed E-state index contributed by atoms with van der Waals surface area (Å²) in [6.45, 7) is 3.24. The summed E-state index contributed by atoms with van der Waals surface area (Å²) < 4.78 is 10.8. The number of hydrogen-bond donors (Lipinski definition) is 1. The molecule has 3 rings (SSSR count). The zero-order valence-corrected chi connectivity index (χ0v) is 11.0. The van der Waals surface area contributed by atoms with Gasteiger partial charge in [0.25, 0.3) is 0 Å². The van der Waals surface area contributed by atoms with Gasteiger partial charge in [-0.3, -0.25) is 4.79 Å². The summed E-state index contributed by atoms with van der Waals surface area (Å²) in [5.74, 6) is 0.0308. The molecule has 0 radical (unpaired) electrons. The van der Waals surface area contributed by atoms with E-state index in [-0.39, 0.29) is 16.9 Å². The van der Waals surface area contributed by atoms with Gasteiger partial charge in [0.15, 0.2) is 5.60 Å². The van der Waals surface area contributed by atoms with Gasteiger partial charge in [0.05, 0.1) is 17.4 Å². The van der Waals surface area contributed by atoms with Crippen molar-refractivity contribution in [3.63, 3.8) is 0 Å². The van der Waals surface area contributed by atoms with Gasteiger partial charge in [-0.2, -0.15) is 0 Å². The lowest BCUT2D eigenvalue weighted by molar-refractivity contribution is -0.126. The Labute approximate surface area is 114 Å². The van der Waals surface area contributed by atoms with Crippen molar-refractivity contribution in [2.45, 2.75) is 19.4 Å². The van der Waals surface area contributed by atoms with Crippen LogP contribution in [0.15, 0.2) is 39.7 Å². The van der Waals surface area contributed by atoms with Crippen molar-refractivity contribution >= 4 is 22.3 Å². The molecule has 0 amide bonds. The van der Waals surface area contributed by atoms with Crippen molar-refractivity contribution < 1.29 is 19.1 Å². The molecular weight excluding hydrogens is 260 g/mol. The first-order chi connectivity index (χ1) is 9.44. The van der Waals surface area contributed by atoms with E-state index >= 15 is 0 Å². The molecule has 5 heteroatoms. The minimum atomic E-state index is -1.08. The average molecular weight is 272 g/mol. The second-order valence-corrected chi connectivity index (χ2v) is 5.10. The van der Waals surface area contributed by atoms with E-state index in [0.717, 1.165) is 6.26 Å². The Morgan fingerprint density at radius 2 is 1.85 bits per heavy atom. The fourth-order valence-corrected chi connectivity index (χ4v) is 2.34. The van der Waals surface area contributed by atoms with Gasteiger partial charge in [0.1, 0.15) is 11.3 Å². The van der Waals surface area contributed by atoms with E-state index < -0.39 is 11.2 Å². The number of aliphatic hydroxyl groups is 1. The molecule has 0 atom stereocenters. The summed E-state index contributed by atoms with van der Waals surface area (Å²) >= 11 is 0. The fourth-order valence-electron chi connectivity index (χ4n) is 2.34. The number of rotatable bonds is 0. The van der Waals surface area contributed by atoms with Crippen LogP contribution in [0.3, 0.4) is 0 Å². The van der Waals surface area contributed by atoms with Crippen LogP contribution >= 0.6 is 0 Å². The standard InChI is InChI=1S/C15H12O5/c1-15(2)14(18)9(7-16)12-10(20-15)5-3-8-4-6-11(17)19-13(8)12/h3-7,16H,1-2H3. The number of aliphatic hydroxyl groups excluding tert-OH is 1. The van der Waals surface area contributed by atoms with Gasteiger partial charge < -0.3 is 14.3 Å². The van der Waals surface area contributed by atoms with Gasteiger partial charge in [-0.1, -0.05) is 0 Å². The summed E-state index contributed by atoms with van der Waals surface area (Å²) in [5, 5.41) is 10.1. The highest BCUT2D eigenvalue weighted by Gasteiger charge is 2.40. The molecule has 2 heterocycles. The summed E-state index contributed by atoms with van der Waals surface area (Å²) in [5.41, 5.74) is -0.979. The van der Waals surface area contributed by atoms with Gasteiger partial charge in [-0.15, -0.1) is 0 Å². The zero-order chi connectivity index (χ0) is 14.5. The first-order valence-electron chi connectivity index (χ1n) is 6.09. The van der Waals surface area contributed by atoms with Crippen molar-refractivity contribution in [2.24, 2.45) is 0 Å². The van der Waals surface area contributed by atoms with Crippen molar-refractivity contribution in [3.8, 4) is 5.75 Å². The normalized spacial score (nSPS) is 18.9. The van der Waals surface area contributed by atoms with E-state index in [2.05, 4.69) is 0 Å². The third kappa shape index (κ3) is 1.63. The van der Waals surface area contributed by atoms with Crippen molar-refractivity contribution in [2.75, 3.05) is 0 Å². The van der Waals surface area contributed by atoms with Crippen LogP contribution in [0, 0.1) is 0 Å². The number of hydrogen-bond acceptors (Lipinski definition) is 5. The molecule has 2 aromatic rings. The number of ether oxygens (including phenoxy) is 1. The molecule has 20 heavy (non-hydrogen) atoms. The predicted octanol–water partition coefficient (Wildman–Crippen LogP) is 2.43. The number of fused-ring (bicyclic) bond motifs is 3. The van der Waals surface area contributed by atoms with Gasteiger partial charge in [0.2, 0.25) is 5.78 Å². The number of carbonyl (C=O) groups is 1. The summed E-state index contributed by atoms with van der Waals surface area (Å²) in [6, 6.07) is 6.32. The molecule has 0 aliphatic carbocycles. The second-order valence-electron chi connectivity index (χ2n) is 5.10. The second kappa shape index (κ2) is 3.96. The predicted molar refractivity (Wildman–Crippen MR) is 72.8 cm³/mol. The number of Topliss-reactive ketones (excluding diaryl/α,β-unsaturated/α-hetero) is 1. The van der Waals surface area contributed by atoms with Crippen LogP contribution in [-0.2, 0) is 4.79 Å². The summed E-state index contributed by atoms with van der Waals surface area (Å²) in [4.78, 5) is 23.7. The lowest BCUT2D eigenvalue weighted by atomic mass is 9.88. The Hall–Kier alpha value is -2.56. The smallest absolute Gasteiger partial charge is 0.336 e. The van der Waals surface area contributed by atoms with Crippen molar-refractivity contribution in [1.29, 1.82) is 0 Å². The monoisotopic (exact) mass is 272 g/mol. The van der Waals surface area contributed by atoms with Crippen LogP contribution in [-0.4, -0.2) is 16.5 Å². The molecule has 0 spiro atoms. The summed E-state index contributed by atoms with van der Waals surface area (Å²) in [7, 11) is 0. The van der Waals surface area contributed by atoms with E-state index in [1.165, 1.54) is 6.07 Å². The quantitative estimate of drug-likeness (QED) is 0.453. The third-order valence-corrected chi connectivity index (χ3v) is 3.31. The van der Waals surface area contributed by atoms with E-state index in [1.807, 2.05) is 0 Å². The summed E-state index contributed by atoms with van der Waals surface area (Å²) in [6.07, 6.45) is 0.734. The third-order valence-electron chi connectivity index (χ3n) is 3.31. The Bertz CT molecular complexity index is 811. The number of ketones is 1. The highest BCUT2D eigenvalue weighted by molar-refractivity contribution is 6.28. The SMILES string of the molecule is CC1(C)Oc2ccc3ccc(=O)oc3c2C(=CO)C1=O. The minimum Gasteiger partial charge on any atom is -0.515 e. The average Bonchev–Trinajstić information content (AvgIpc) is 2.40. The van der Waals surface area contributed by atoms with Crippen molar-refractivity contribution in [3.05, 3.63) is 46.5 Å². The van der Waals surface area contributed by atoms with Gasteiger partial charge in [-0.25, -0.2) is 4.79 Å². The molecule has 5 nitrogen and oxygen atoms in total. The molecule has 1 N–H and O–H groups in total. The molecule has 1 aromatic carbocycles. The maximum Gasteiger partial charge on any atom is 0.336 e. The van der Waals surface area contributed by atoms with Crippen LogP contribution < -0.4 is 10.4 Å². The molecule has 1 aromatic heterocycles. The number of benzene rings is 1. The van der Waals surface area contributed by atoms with E-state index in [1.54, 1.807) is 32.0 Å². The van der Waals surface area contributed by atoms with Gasteiger partial charge in [0, 0.05) is 11.5 Å². The molecule has 0 saturated heterocycles. The highest BCUT2D eigenvalue weighted by atomic mass is 16.5. The van der Waals surface area contributed by atoms with Crippen LogP contribution in [0.25, 0.3) is 16.5 Å². The molecule has 0 bridgehead atoms. The molecular formula is C15H12O5. The Balaban J connectivity index is 2.43. The van der Waals surface area contributed by atoms with Crippen molar-refractivity contribution in [1.82, 2.24) is 0 Å². The van der Waals surface area contributed by atoms with Gasteiger partial charge >= 0.3 is 5.63 Å². The van der Waals surface area contributed by atoms with E-state index in [4.69, 9.17) is 9.15 Å². The fraction of sp³-hybridized carbons (Fsp3) is 0.200.